The van der Waals surface area contributed by atoms with Crippen molar-refractivity contribution in [3.05, 3.63) is 47.0 Å². The molecule has 0 saturated carbocycles. The Kier molecular flexibility index (Phi) is 6.54. The Morgan fingerprint density at radius 1 is 1.00 bits per heavy atom. The fraction of sp³-hybridized carbons (Fsp3) is 0.294. The molecule has 0 unspecified atom stereocenters. The van der Waals surface area contributed by atoms with Crippen molar-refractivity contribution in [2.45, 2.75) is 6.54 Å². The SMILES string of the molecule is Nc1ccc(N)c(CNc2ccc(N(CCO)CCO)c(Cl)c2)c1. The van der Waals surface area contributed by atoms with Gasteiger partial charge in [-0.25, -0.2) is 0 Å². The minimum absolute atomic E-state index is 0.00889. The average molecular weight is 351 g/mol. The number of benzene rings is 2. The van der Waals surface area contributed by atoms with Gasteiger partial charge in [0.1, 0.15) is 0 Å². The number of hydrogen-bond acceptors (Lipinski definition) is 6. The Bertz CT molecular complexity index is 676. The summed E-state index contributed by atoms with van der Waals surface area (Å²) >= 11 is 6.34. The van der Waals surface area contributed by atoms with Gasteiger partial charge in [0.05, 0.1) is 23.9 Å². The third-order valence-electron chi connectivity index (χ3n) is 3.68. The van der Waals surface area contributed by atoms with Crippen LogP contribution < -0.4 is 21.7 Å². The van der Waals surface area contributed by atoms with Crippen molar-refractivity contribution in [2.24, 2.45) is 0 Å². The number of nitrogens with zero attached hydrogens (tertiary/aromatic N) is 1. The molecule has 0 atom stereocenters. The minimum Gasteiger partial charge on any atom is -0.399 e. The van der Waals surface area contributed by atoms with E-state index in [0.29, 0.717) is 36.0 Å². The Morgan fingerprint density at radius 3 is 2.33 bits per heavy atom. The zero-order valence-electron chi connectivity index (χ0n) is 13.4. The van der Waals surface area contributed by atoms with Crippen LogP contribution in [-0.2, 0) is 6.54 Å². The van der Waals surface area contributed by atoms with E-state index in [1.54, 1.807) is 18.2 Å². The molecule has 0 saturated heterocycles. The van der Waals surface area contributed by atoms with Crippen LogP contribution >= 0.6 is 11.6 Å². The van der Waals surface area contributed by atoms with Gasteiger partial charge < -0.3 is 31.9 Å². The normalized spacial score (nSPS) is 10.6. The maximum absolute atomic E-state index is 9.13. The maximum Gasteiger partial charge on any atom is 0.0660 e. The van der Waals surface area contributed by atoms with Gasteiger partial charge in [0.15, 0.2) is 0 Å². The lowest BCUT2D eigenvalue weighted by Crippen LogP contribution is -2.29. The van der Waals surface area contributed by atoms with Gasteiger partial charge in [0, 0.05) is 36.7 Å². The first-order chi connectivity index (χ1) is 11.5. The summed E-state index contributed by atoms with van der Waals surface area (Å²) in [5, 5.41) is 22.1. The zero-order chi connectivity index (χ0) is 17.5. The van der Waals surface area contributed by atoms with E-state index in [2.05, 4.69) is 5.32 Å². The molecular formula is C17H23ClN4O2. The fourth-order valence-electron chi connectivity index (χ4n) is 2.44. The molecule has 7 N–H and O–H groups in total. The van der Waals surface area contributed by atoms with Gasteiger partial charge in [-0.05, 0) is 42.0 Å². The number of aliphatic hydroxyl groups excluding tert-OH is 2. The van der Waals surface area contributed by atoms with Gasteiger partial charge in [0.2, 0.25) is 0 Å². The summed E-state index contributed by atoms with van der Waals surface area (Å²) in [5.41, 5.74) is 15.6. The third kappa shape index (κ3) is 4.67. The Hall–Kier alpha value is -2.15. The van der Waals surface area contributed by atoms with Crippen LogP contribution in [0, 0.1) is 0 Å². The van der Waals surface area contributed by atoms with Gasteiger partial charge in [-0.3, -0.25) is 0 Å². The molecule has 0 aliphatic rings. The molecule has 2 aromatic carbocycles. The number of nitrogen functional groups attached to an aromatic ring is 2. The molecule has 2 rings (SSSR count). The molecule has 24 heavy (non-hydrogen) atoms. The maximum atomic E-state index is 9.13. The first kappa shape index (κ1) is 18.2. The van der Waals surface area contributed by atoms with Crippen molar-refractivity contribution >= 4 is 34.4 Å². The molecule has 6 nitrogen and oxygen atoms in total. The molecule has 130 valence electrons. The van der Waals surface area contributed by atoms with E-state index in [1.165, 1.54) is 0 Å². The van der Waals surface area contributed by atoms with Crippen LogP contribution in [0.15, 0.2) is 36.4 Å². The highest BCUT2D eigenvalue weighted by Gasteiger charge is 2.10. The smallest absolute Gasteiger partial charge is 0.0660 e. The predicted octanol–water partition coefficient (Wildman–Crippen LogP) is 1.91. The topological polar surface area (TPSA) is 108 Å². The van der Waals surface area contributed by atoms with Crippen LogP contribution in [0.1, 0.15) is 5.56 Å². The van der Waals surface area contributed by atoms with E-state index in [1.807, 2.05) is 23.1 Å². The summed E-state index contributed by atoms with van der Waals surface area (Å²) in [6.07, 6.45) is 0. The predicted molar refractivity (Wildman–Crippen MR) is 100 cm³/mol. The second-order valence-electron chi connectivity index (χ2n) is 5.41. The molecule has 0 fully saturated rings. The van der Waals surface area contributed by atoms with Gasteiger partial charge in [-0.2, -0.15) is 0 Å². The number of anilines is 4. The molecule has 0 aliphatic heterocycles. The number of nitrogens with two attached hydrogens (primary N) is 2. The summed E-state index contributed by atoms with van der Waals surface area (Å²) in [6, 6.07) is 10.9. The molecule has 0 spiro atoms. The van der Waals surface area contributed by atoms with E-state index in [4.69, 9.17) is 33.3 Å². The highest BCUT2D eigenvalue weighted by Crippen LogP contribution is 2.29. The van der Waals surface area contributed by atoms with Crippen molar-refractivity contribution in [3.8, 4) is 0 Å². The molecule has 0 aliphatic carbocycles. The summed E-state index contributed by atoms with van der Waals surface area (Å²) in [5.74, 6) is 0. The molecular weight excluding hydrogens is 328 g/mol. The fourth-order valence-corrected chi connectivity index (χ4v) is 2.74. The molecule has 0 bridgehead atoms. The van der Waals surface area contributed by atoms with Crippen molar-refractivity contribution in [2.75, 3.05) is 48.0 Å². The van der Waals surface area contributed by atoms with Crippen molar-refractivity contribution in [1.82, 2.24) is 0 Å². The van der Waals surface area contributed by atoms with Crippen molar-refractivity contribution in [1.29, 1.82) is 0 Å². The summed E-state index contributed by atoms with van der Waals surface area (Å²) in [7, 11) is 0. The van der Waals surface area contributed by atoms with Crippen molar-refractivity contribution < 1.29 is 10.2 Å². The number of rotatable bonds is 8. The van der Waals surface area contributed by atoms with Gasteiger partial charge in [-0.1, -0.05) is 11.6 Å². The standard InChI is InChI=1S/C17H23ClN4O2/c18-15-10-14(2-4-17(15)22(5-7-23)6-8-24)21-11-12-9-13(19)1-3-16(12)20/h1-4,9-10,21,23-24H,5-8,11,19-20H2. The lowest BCUT2D eigenvalue weighted by molar-refractivity contribution is 0.281. The van der Waals surface area contributed by atoms with Crippen LogP contribution in [0.2, 0.25) is 5.02 Å². The lowest BCUT2D eigenvalue weighted by Gasteiger charge is -2.24. The zero-order valence-corrected chi connectivity index (χ0v) is 14.1. The van der Waals surface area contributed by atoms with Gasteiger partial charge in [-0.15, -0.1) is 0 Å². The van der Waals surface area contributed by atoms with Crippen LogP contribution in [0.3, 0.4) is 0 Å². The second kappa shape index (κ2) is 8.63. The van der Waals surface area contributed by atoms with E-state index < -0.39 is 0 Å². The van der Waals surface area contributed by atoms with E-state index in [0.717, 1.165) is 16.9 Å². The Balaban J connectivity index is 2.10. The summed E-state index contributed by atoms with van der Waals surface area (Å²) in [6.45, 7) is 1.33. The summed E-state index contributed by atoms with van der Waals surface area (Å²) < 4.78 is 0. The number of hydrogen-bond donors (Lipinski definition) is 5. The first-order valence-electron chi connectivity index (χ1n) is 7.69. The van der Waals surface area contributed by atoms with Crippen molar-refractivity contribution in [3.63, 3.8) is 0 Å². The van der Waals surface area contributed by atoms with E-state index in [9.17, 15) is 0 Å². The van der Waals surface area contributed by atoms with Crippen LogP contribution in [0.4, 0.5) is 22.7 Å². The molecule has 0 radical (unpaired) electrons. The quantitative estimate of drug-likeness (QED) is 0.465. The average Bonchev–Trinajstić information content (AvgIpc) is 2.56. The van der Waals surface area contributed by atoms with Crippen LogP contribution in [-0.4, -0.2) is 36.5 Å². The Morgan fingerprint density at radius 2 is 1.71 bits per heavy atom. The number of halogens is 1. The number of nitrogens with one attached hydrogen (secondary N) is 1. The van der Waals surface area contributed by atoms with E-state index >= 15 is 0 Å². The first-order valence-corrected chi connectivity index (χ1v) is 8.07. The molecule has 0 amide bonds. The van der Waals surface area contributed by atoms with Crippen LogP contribution in [0.25, 0.3) is 0 Å². The Labute approximate surface area is 146 Å². The second-order valence-corrected chi connectivity index (χ2v) is 5.82. The monoisotopic (exact) mass is 350 g/mol. The minimum atomic E-state index is -0.00889. The highest BCUT2D eigenvalue weighted by atomic mass is 35.5. The highest BCUT2D eigenvalue weighted by molar-refractivity contribution is 6.33. The van der Waals surface area contributed by atoms with E-state index in [-0.39, 0.29) is 13.2 Å². The lowest BCUT2D eigenvalue weighted by atomic mass is 10.1. The number of aliphatic hydroxyl groups is 2. The molecule has 2 aromatic rings. The van der Waals surface area contributed by atoms with Crippen LogP contribution in [0.5, 0.6) is 0 Å². The summed E-state index contributed by atoms with van der Waals surface area (Å²) in [4.78, 5) is 1.84. The molecule has 0 heterocycles. The van der Waals surface area contributed by atoms with Gasteiger partial charge in [0.25, 0.3) is 0 Å². The molecule has 0 aromatic heterocycles. The molecule has 7 heteroatoms. The van der Waals surface area contributed by atoms with Gasteiger partial charge >= 0.3 is 0 Å². The largest absolute Gasteiger partial charge is 0.399 e. The third-order valence-corrected chi connectivity index (χ3v) is 3.98.